The largest absolute Gasteiger partial charge is 0.396 e. The summed E-state index contributed by atoms with van der Waals surface area (Å²) in [4.78, 5) is 14.3. The number of piperidine rings is 1. The highest BCUT2D eigenvalue weighted by molar-refractivity contribution is 7.12. The Hall–Kier alpha value is -0.750. The van der Waals surface area contributed by atoms with Gasteiger partial charge in [-0.15, -0.1) is 11.3 Å². The highest BCUT2D eigenvalue weighted by Crippen LogP contribution is 2.36. The molecule has 0 spiro atoms. The Morgan fingerprint density at radius 1 is 1.57 bits per heavy atom. The lowest BCUT2D eigenvalue weighted by atomic mass is 9.73. The first kappa shape index (κ1) is 16.6. The number of Topliss-reactive ketones (excluding diaryl/α,β-unsaturated/α-hetero) is 1. The second-order valence-corrected chi connectivity index (χ2v) is 7.06. The average Bonchev–Trinajstić information content (AvgIpc) is 2.91. The van der Waals surface area contributed by atoms with E-state index in [1.165, 1.54) is 11.3 Å². The van der Waals surface area contributed by atoms with Crippen LogP contribution in [0.3, 0.4) is 0 Å². The van der Waals surface area contributed by atoms with Gasteiger partial charge in [0.25, 0.3) is 0 Å². The van der Waals surface area contributed by atoms with E-state index in [1.54, 1.807) is 6.92 Å². The van der Waals surface area contributed by atoms with E-state index >= 15 is 0 Å². The summed E-state index contributed by atoms with van der Waals surface area (Å²) in [7, 11) is 0. The molecule has 0 amide bonds. The highest BCUT2D eigenvalue weighted by atomic mass is 32.1. The molecule has 1 aliphatic rings. The number of β-amino-alcohol motifs (C(OH)–C–C–N with tert-alkyl or cyclic N) is 1. The molecule has 2 N–H and O–H groups in total. The number of rotatable bonds is 6. The number of ketones is 1. The first-order valence-corrected chi connectivity index (χ1v) is 8.48. The van der Waals surface area contributed by atoms with Crippen molar-refractivity contribution in [2.75, 3.05) is 19.7 Å². The molecule has 0 aromatic carbocycles. The summed E-state index contributed by atoms with van der Waals surface area (Å²) in [5.41, 5.74) is 0.800. The number of thiophene rings is 1. The molecular weight excluding hydrogens is 286 g/mol. The third-order valence-corrected chi connectivity index (χ3v) is 5.61. The van der Waals surface area contributed by atoms with Crippen molar-refractivity contribution in [3.63, 3.8) is 0 Å². The van der Waals surface area contributed by atoms with Gasteiger partial charge in [-0.25, -0.2) is 0 Å². The fourth-order valence-electron chi connectivity index (χ4n) is 3.17. The van der Waals surface area contributed by atoms with Gasteiger partial charge in [0, 0.05) is 18.5 Å². The summed E-state index contributed by atoms with van der Waals surface area (Å²) in [5, 5.41) is 22.1. The van der Waals surface area contributed by atoms with Crippen molar-refractivity contribution in [1.82, 2.24) is 4.90 Å². The van der Waals surface area contributed by atoms with Gasteiger partial charge in [-0.05, 0) is 43.3 Å². The van der Waals surface area contributed by atoms with Crippen LogP contribution in [0.15, 0.2) is 11.4 Å². The van der Waals surface area contributed by atoms with E-state index in [0.29, 0.717) is 6.54 Å². The fourth-order valence-corrected chi connectivity index (χ4v) is 3.98. The number of nitrogens with zero attached hydrogens (tertiary/aromatic N) is 1. The lowest BCUT2D eigenvalue weighted by Crippen LogP contribution is -2.52. The second kappa shape index (κ2) is 7.01. The van der Waals surface area contributed by atoms with Gasteiger partial charge in [0.05, 0.1) is 17.6 Å². The van der Waals surface area contributed by atoms with E-state index in [-0.39, 0.29) is 17.8 Å². The third kappa shape index (κ3) is 3.72. The van der Waals surface area contributed by atoms with E-state index in [9.17, 15) is 15.0 Å². The minimum atomic E-state index is -0.484. The van der Waals surface area contributed by atoms with E-state index in [4.69, 9.17) is 0 Å². The van der Waals surface area contributed by atoms with Gasteiger partial charge in [-0.3, -0.25) is 9.69 Å². The van der Waals surface area contributed by atoms with Crippen LogP contribution < -0.4 is 0 Å². The van der Waals surface area contributed by atoms with Crippen LogP contribution in [0.5, 0.6) is 0 Å². The van der Waals surface area contributed by atoms with Crippen molar-refractivity contribution in [2.24, 2.45) is 5.41 Å². The Kier molecular flexibility index (Phi) is 5.54. The standard InChI is InChI=1S/C16H25NO3S/c1-3-4-16(11-18)5-6-17(9-15(16)20)8-13-7-14(12(2)19)21-10-13/h7,10,15,18,20H,3-6,8-9,11H2,1-2H3/t15-,16+/m0/s1. The Morgan fingerprint density at radius 3 is 2.86 bits per heavy atom. The molecule has 0 radical (unpaired) electrons. The Balaban J connectivity index is 1.97. The summed E-state index contributed by atoms with van der Waals surface area (Å²) in [6.45, 7) is 5.96. The van der Waals surface area contributed by atoms with E-state index in [0.717, 1.165) is 42.8 Å². The molecule has 1 aliphatic heterocycles. The number of aliphatic hydroxyl groups is 2. The van der Waals surface area contributed by atoms with Gasteiger partial charge >= 0.3 is 0 Å². The smallest absolute Gasteiger partial charge is 0.169 e. The zero-order valence-corrected chi connectivity index (χ0v) is 13.7. The molecule has 4 nitrogen and oxygen atoms in total. The maximum atomic E-state index is 11.3. The fraction of sp³-hybridized carbons (Fsp3) is 0.688. The SMILES string of the molecule is CCC[C@]1(CO)CCN(Cc2csc(C(C)=O)c2)C[C@@H]1O. The molecule has 118 valence electrons. The normalized spacial score (nSPS) is 27.0. The minimum absolute atomic E-state index is 0.0583. The van der Waals surface area contributed by atoms with E-state index in [1.807, 2.05) is 11.4 Å². The van der Waals surface area contributed by atoms with Crippen LogP contribution in [0.4, 0.5) is 0 Å². The van der Waals surface area contributed by atoms with Gasteiger partial charge in [-0.2, -0.15) is 0 Å². The predicted molar refractivity (Wildman–Crippen MR) is 84.7 cm³/mol. The van der Waals surface area contributed by atoms with Crippen molar-refractivity contribution in [3.8, 4) is 0 Å². The second-order valence-electron chi connectivity index (χ2n) is 6.15. The Labute approximate surface area is 130 Å². The average molecular weight is 311 g/mol. The van der Waals surface area contributed by atoms with Crippen molar-refractivity contribution < 1.29 is 15.0 Å². The highest BCUT2D eigenvalue weighted by Gasteiger charge is 2.40. The molecule has 2 atom stereocenters. The first-order chi connectivity index (χ1) is 10.0. The quantitative estimate of drug-likeness (QED) is 0.791. The summed E-state index contributed by atoms with van der Waals surface area (Å²) < 4.78 is 0. The third-order valence-electron chi connectivity index (χ3n) is 4.53. The van der Waals surface area contributed by atoms with Crippen molar-refractivity contribution >= 4 is 17.1 Å². The molecule has 2 heterocycles. The molecule has 21 heavy (non-hydrogen) atoms. The first-order valence-electron chi connectivity index (χ1n) is 7.60. The molecule has 1 fully saturated rings. The molecular formula is C16H25NO3S. The molecule has 0 saturated carbocycles. The number of aliphatic hydroxyl groups excluding tert-OH is 2. The molecule has 0 unspecified atom stereocenters. The zero-order chi connectivity index (χ0) is 15.5. The number of hydrogen-bond donors (Lipinski definition) is 2. The van der Waals surface area contributed by atoms with Crippen LogP contribution in [0.1, 0.15) is 48.3 Å². The maximum Gasteiger partial charge on any atom is 0.169 e. The lowest BCUT2D eigenvalue weighted by molar-refractivity contribution is -0.0802. The van der Waals surface area contributed by atoms with Crippen LogP contribution in [0, 0.1) is 5.41 Å². The summed E-state index contributed by atoms with van der Waals surface area (Å²) in [6, 6.07) is 1.94. The Bertz CT molecular complexity index is 488. The predicted octanol–water partition coefficient (Wildman–Crippen LogP) is 2.30. The lowest BCUT2D eigenvalue weighted by Gasteiger charge is -2.44. The van der Waals surface area contributed by atoms with Gasteiger partial charge in [-0.1, -0.05) is 13.3 Å². The van der Waals surface area contributed by atoms with Crippen LogP contribution in [0.2, 0.25) is 0 Å². The molecule has 5 heteroatoms. The molecule has 1 aromatic rings. The van der Waals surface area contributed by atoms with Crippen LogP contribution >= 0.6 is 11.3 Å². The summed E-state index contributed by atoms with van der Waals surface area (Å²) >= 11 is 1.48. The molecule has 1 aromatic heterocycles. The summed E-state index contributed by atoms with van der Waals surface area (Å²) in [6.07, 6.45) is 2.18. The Morgan fingerprint density at radius 2 is 2.33 bits per heavy atom. The van der Waals surface area contributed by atoms with Gasteiger partial charge in [0.1, 0.15) is 0 Å². The molecule has 0 aliphatic carbocycles. The van der Waals surface area contributed by atoms with Gasteiger partial charge < -0.3 is 10.2 Å². The zero-order valence-electron chi connectivity index (χ0n) is 12.8. The van der Waals surface area contributed by atoms with Crippen LogP contribution in [-0.4, -0.2) is 46.7 Å². The van der Waals surface area contributed by atoms with Gasteiger partial charge in [0.15, 0.2) is 5.78 Å². The summed E-state index contributed by atoms with van der Waals surface area (Å²) in [5.74, 6) is 0.104. The van der Waals surface area contributed by atoms with Crippen molar-refractivity contribution in [3.05, 3.63) is 21.9 Å². The molecule has 2 rings (SSSR count). The number of carbonyl (C=O) groups is 1. The number of hydrogen-bond acceptors (Lipinski definition) is 5. The van der Waals surface area contributed by atoms with Crippen molar-refractivity contribution in [2.45, 2.75) is 45.8 Å². The molecule has 0 bridgehead atoms. The van der Waals surface area contributed by atoms with Crippen LogP contribution in [0.25, 0.3) is 0 Å². The monoisotopic (exact) mass is 311 g/mol. The molecule has 1 saturated heterocycles. The topological polar surface area (TPSA) is 60.8 Å². The van der Waals surface area contributed by atoms with Gasteiger partial charge in [0.2, 0.25) is 0 Å². The minimum Gasteiger partial charge on any atom is -0.396 e. The number of likely N-dealkylation sites (tertiary alicyclic amines) is 1. The van der Waals surface area contributed by atoms with E-state index < -0.39 is 6.10 Å². The maximum absolute atomic E-state index is 11.3. The number of carbonyl (C=O) groups excluding carboxylic acids is 1. The van der Waals surface area contributed by atoms with E-state index in [2.05, 4.69) is 11.8 Å². The van der Waals surface area contributed by atoms with Crippen molar-refractivity contribution in [1.29, 1.82) is 0 Å². The van der Waals surface area contributed by atoms with Crippen LogP contribution in [-0.2, 0) is 6.54 Å².